The van der Waals surface area contributed by atoms with Gasteiger partial charge in [0, 0.05) is 12.5 Å². The Morgan fingerprint density at radius 3 is 2.26 bits per heavy atom. The highest BCUT2D eigenvalue weighted by molar-refractivity contribution is 5.76. The number of carboxylic acids is 1. The molecule has 4 N–H and O–H groups in total. The van der Waals surface area contributed by atoms with Crippen LogP contribution in [0.25, 0.3) is 0 Å². The van der Waals surface area contributed by atoms with Crippen molar-refractivity contribution >= 4 is 11.9 Å². The summed E-state index contributed by atoms with van der Waals surface area (Å²) in [5.41, 5.74) is 5.41. The maximum atomic E-state index is 11.7. The fourth-order valence-corrected chi connectivity index (χ4v) is 2.57. The lowest BCUT2D eigenvalue weighted by Gasteiger charge is -2.26. The summed E-state index contributed by atoms with van der Waals surface area (Å²) < 4.78 is 0. The number of carbonyl (C=O) groups excluding carboxylic acids is 1. The van der Waals surface area contributed by atoms with E-state index in [2.05, 4.69) is 5.32 Å². The number of aliphatic carboxylic acids is 1. The van der Waals surface area contributed by atoms with Gasteiger partial charge >= 0.3 is 5.97 Å². The molecule has 1 rings (SSSR count). The molecular weight excluding hydrogens is 244 g/mol. The summed E-state index contributed by atoms with van der Waals surface area (Å²) in [5, 5.41) is 11.9. The van der Waals surface area contributed by atoms with Gasteiger partial charge in [0.05, 0.1) is 5.92 Å². The van der Waals surface area contributed by atoms with Gasteiger partial charge in [-0.15, -0.1) is 0 Å². The van der Waals surface area contributed by atoms with Gasteiger partial charge in [0.25, 0.3) is 0 Å². The van der Waals surface area contributed by atoms with E-state index in [4.69, 9.17) is 10.8 Å². The zero-order chi connectivity index (χ0) is 14.1. The summed E-state index contributed by atoms with van der Waals surface area (Å²) in [6.45, 7) is 0.721. The number of rotatable bonds is 8. The van der Waals surface area contributed by atoms with E-state index in [1.165, 1.54) is 0 Å². The highest BCUT2D eigenvalue weighted by Gasteiger charge is 2.26. The summed E-state index contributed by atoms with van der Waals surface area (Å²) in [5.74, 6) is -0.819. The normalized spacial score (nSPS) is 23.0. The quantitative estimate of drug-likeness (QED) is 0.585. The second-order valence-corrected chi connectivity index (χ2v) is 5.41. The molecule has 19 heavy (non-hydrogen) atoms. The van der Waals surface area contributed by atoms with Crippen LogP contribution < -0.4 is 11.1 Å². The molecule has 1 aliphatic carbocycles. The topological polar surface area (TPSA) is 92.4 Å². The molecule has 110 valence electrons. The molecule has 5 heteroatoms. The molecule has 1 amide bonds. The molecule has 0 aromatic carbocycles. The van der Waals surface area contributed by atoms with E-state index in [1.54, 1.807) is 0 Å². The minimum absolute atomic E-state index is 0.103. The molecule has 0 aromatic rings. The summed E-state index contributed by atoms with van der Waals surface area (Å²) in [6, 6.07) is 0.173. The fourth-order valence-electron chi connectivity index (χ4n) is 2.57. The number of hydrogen-bond acceptors (Lipinski definition) is 3. The molecule has 5 nitrogen and oxygen atoms in total. The predicted octanol–water partition coefficient (Wildman–Crippen LogP) is 1.66. The van der Waals surface area contributed by atoms with Crippen LogP contribution in [0.4, 0.5) is 0 Å². The van der Waals surface area contributed by atoms with E-state index in [9.17, 15) is 9.59 Å². The monoisotopic (exact) mass is 270 g/mol. The molecule has 0 radical (unpaired) electrons. The fraction of sp³-hybridized carbons (Fsp3) is 0.857. The number of hydrogen-bond donors (Lipinski definition) is 3. The predicted molar refractivity (Wildman–Crippen MR) is 73.7 cm³/mol. The standard InChI is InChI=1S/C14H26N2O3/c15-10-4-2-1-3-5-13(17)16-12-8-6-11(7-9-12)14(18)19/h11-12H,1-10,15H2,(H,16,17)(H,18,19). The third kappa shape index (κ3) is 6.57. The lowest BCUT2D eigenvalue weighted by Crippen LogP contribution is -2.38. The van der Waals surface area contributed by atoms with Gasteiger partial charge in [0.2, 0.25) is 5.91 Å². The van der Waals surface area contributed by atoms with Crippen molar-refractivity contribution < 1.29 is 14.7 Å². The van der Waals surface area contributed by atoms with Gasteiger partial charge in [0.1, 0.15) is 0 Å². The summed E-state index contributed by atoms with van der Waals surface area (Å²) >= 11 is 0. The Hall–Kier alpha value is -1.10. The van der Waals surface area contributed by atoms with Crippen molar-refractivity contribution in [1.29, 1.82) is 0 Å². The van der Waals surface area contributed by atoms with Gasteiger partial charge in [-0.3, -0.25) is 9.59 Å². The average Bonchev–Trinajstić information content (AvgIpc) is 2.39. The molecule has 0 spiro atoms. The van der Waals surface area contributed by atoms with Gasteiger partial charge in [-0.05, 0) is 45.1 Å². The Kier molecular flexibility index (Phi) is 7.48. The molecule has 0 aliphatic heterocycles. The minimum atomic E-state index is -0.704. The minimum Gasteiger partial charge on any atom is -0.481 e. The van der Waals surface area contributed by atoms with Crippen LogP contribution in [0.15, 0.2) is 0 Å². The molecule has 0 bridgehead atoms. The third-order valence-electron chi connectivity index (χ3n) is 3.80. The average molecular weight is 270 g/mol. The molecule has 0 unspecified atom stereocenters. The second kappa shape index (κ2) is 8.91. The Morgan fingerprint density at radius 1 is 1.05 bits per heavy atom. The van der Waals surface area contributed by atoms with Crippen molar-refractivity contribution in [2.24, 2.45) is 11.7 Å². The number of amides is 1. The van der Waals surface area contributed by atoms with Crippen LogP contribution in [0.5, 0.6) is 0 Å². The largest absolute Gasteiger partial charge is 0.481 e. The van der Waals surface area contributed by atoms with E-state index in [1.807, 2.05) is 0 Å². The highest BCUT2D eigenvalue weighted by Crippen LogP contribution is 2.24. The van der Waals surface area contributed by atoms with Crippen molar-refractivity contribution in [1.82, 2.24) is 5.32 Å². The number of nitrogens with one attached hydrogen (secondary N) is 1. The Bertz CT molecular complexity index is 286. The van der Waals surface area contributed by atoms with Crippen LogP contribution >= 0.6 is 0 Å². The number of carbonyl (C=O) groups is 2. The number of unbranched alkanes of at least 4 members (excludes halogenated alkanes) is 3. The van der Waals surface area contributed by atoms with Crippen LogP contribution in [0.3, 0.4) is 0 Å². The molecule has 1 saturated carbocycles. The van der Waals surface area contributed by atoms with Crippen molar-refractivity contribution in [3.05, 3.63) is 0 Å². The van der Waals surface area contributed by atoms with E-state index in [0.29, 0.717) is 19.3 Å². The van der Waals surface area contributed by atoms with Crippen LogP contribution in [0.2, 0.25) is 0 Å². The maximum absolute atomic E-state index is 11.7. The van der Waals surface area contributed by atoms with E-state index < -0.39 is 5.97 Å². The first-order valence-electron chi connectivity index (χ1n) is 7.35. The first-order valence-corrected chi connectivity index (χ1v) is 7.35. The maximum Gasteiger partial charge on any atom is 0.306 e. The number of nitrogens with two attached hydrogens (primary N) is 1. The molecule has 0 aromatic heterocycles. The van der Waals surface area contributed by atoms with Gasteiger partial charge in [0.15, 0.2) is 0 Å². The Morgan fingerprint density at radius 2 is 1.68 bits per heavy atom. The van der Waals surface area contributed by atoms with Crippen LogP contribution in [-0.2, 0) is 9.59 Å². The van der Waals surface area contributed by atoms with Crippen molar-refractivity contribution in [2.75, 3.05) is 6.54 Å². The lowest BCUT2D eigenvalue weighted by atomic mass is 9.86. The molecule has 0 heterocycles. The molecule has 0 saturated heterocycles. The van der Waals surface area contributed by atoms with Gasteiger partial charge in [-0.25, -0.2) is 0 Å². The zero-order valence-electron chi connectivity index (χ0n) is 11.6. The first-order chi connectivity index (χ1) is 9.13. The van der Waals surface area contributed by atoms with Crippen LogP contribution in [-0.4, -0.2) is 29.6 Å². The van der Waals surface area contributed by atoms with Crippen molar-refractivity contribution in [2.45, 2.75) is 63.8 Å². The van der Waals surface area contributed by atoms with Gasteiger partial charge in [-0.1, -0.05) is 12.8 Å². The van der Waals surface area contributed by atoms with Gasteiger partial charge in [-0.2, -0.15) is 0 Å². The highest BCUT2D eigenvalue weighted by atomic mass is 16.4. The number of carboxylic acid groups (broad SMARTS) is 1. The second-order valence-electron chi connectivity index (χ2n) is 5.41. The van der Waals surface area contributed by atoms with E-state index in [0.717, 1.165) is 45.1 Å². The molecule has 1 aliphatic rings. The van der Waals surface area contributed by atoms with E-state index >= 15 is 0 Å². The molecule has 1 fully saturated rings. The summed E-state index contributed by atoms with van der Waals surface area (Å²) in [7, 11) is 0. The Labute approximate surface area is 114 Å². The van der Waals surface area contributed by atoms with Gasteiger partial charge < -0.3 is 16.2 Å². The van der Waals surface area contributed by atoms with Crippen molar-refractivity contribution in [3.63, 3.8) is 0 Å². The van der Waals surface area contributed by atoms with Crippen LogP contribution in [0.1, 0.15) is 57.8 Å². The smallest absolute Gasteiger partial charge is 0.306 e. The molecular formula is C14H26N2O3. The third-order valence-corrected chi connectivity index (χ3v) is 3.80. The summed E-state index contributed by atoms with van der Waals surface area (Å²) in [4.78, 5) is 22.5. The first kappa shape index (κ1) is 16.0. The Balaban J connectivity index is 2.08. The van der Waals surface area contributed by atoms with Crippen LogP contribution in [0, 0.1) is 5.92 Å². The lowest BCUT2D eigenvalue weighted by molar-refractivity contribution is -0.142. The zero-order valence-corrected chi connectivity index (χ0v) is 11.6. The van der Waals surface area contributed by atoms with E-state index in [-0.39, 0.29) is 17.9 Å². The molecule has 0 atom stereocenters. The summed E-state index contributed by atoms with van der Waals surface area (Å²) in [6.07, 6.45) is 7.59. The van der Waals surface area contributed by atoms with Crippen molar-refractivity contribution in [3.8, 4) is 0 Å². The SMILES string of the molecule is NCCCCCCC(=O)NC1CCC(C(=O)O)CC1.